The molecule has 1 aromatic heterocycles. The summed E-state index contributed by atoms with van der Waals surface area (Å²) >= 11 is 9.36. The predicted molar refractivity (Wildman–Crippen MR) is 79.4 cm³/mol. The van der Waals surface area contributed by atoms with Crippen LogP contribution in [0.25, 0.3) is 0 Å². The van der Waals surface area contributed by atoms with E-state index in [9.17, 15) is 4.79 Å². The van der Waals surface area contributed by atoms with Crippen molar-refractivity contribution in [2.45, 2.75) is 6.92 Å². The van der Waals surface area contributed by atoms with Gasteiger partial charge in [0.25, 0.3) is 0 Å². The number of hydrogen-bond donors (Lipinski definition) is 0. The van der Waals surface area contributed by atoms with Crippen molar-refractivity contribution in [3.05, 3.63) is 51.6 Å². The third-order valence-corrected chi connectivity index (χ3v) is 3.16. The van der Waals surface area contributed by atoms with Crippen LogP contribution in [0.3, 0.4) is 0 Å². The quantitative estimate of drug-likeness (QED) is 0.759. The van der Waals surface area contributed by atoms with Gasteiger partial charge in [0.15, 0.2) is 0 Å². The fraction of sp³-hybridized carbons (Fsp3) is 0.143. The Morgan fingerprint density at radius 1 is 1.35 bits per heavy atom. The molecule has 0 atom stereocenters. The van der Waals surface area contributed by atoms with Crippen LogP contribution in [-0.4, -0.2) is 17.6 Å². The number of esters is 1. The molecule has 0 bridgehead atoms. The summed E-state index contributed by atoms with van der Waals surface area (Å²) < 4.78 is 11.3. The Bertz CT molecular complexity index is 616. The van der Waals surface area contributed by atoms with Crippen LogP contribution in [0, 0.1) is 0 Å². The summed E-state index contributed by atoms with van der Waals surface area (Å²) in [5.74, 6) is 0.419. The number of ether oxygens (including phenoxy) is 2. The summed E-state index contributed by atoms with van der Waals surface area (Å²) in [6.07, 6.45) is 1.40. The minimum absolute atomic E-state index is 0.324. The van der Waals surface area contributed by atoms with Gasteiger partial charge in [0, 0.05) is 16.7 Å². The highest BCUT2D eigenvalue weighted by molar-refractivity contribution is 9.10. The lowest BCUT2D eigenvalue weighted by atomic mass is 10.3. The molecule has 0 N–H and O–H groups in total. The Balaban J connectivity index is 2.14. The van der Waals surface area contributed by atoms with E-state index in [1.54, 1.807) is 31.2 Å². The average molecular weight is 357 g/mol. The van der Waals surface area contributed by atoms with Crippen LogP contribution in [-0.2, 0) is 4.74 Å². The smallest absolute Gasteiger partial charge is 0.339 e. The van der Waals surface area contributed by atoms with E-state index in [2.05, 4.69) is 20.9 Å². The lowest BCUT2D eigenvalue weighted by molar-refractivity contribution is 0.0526. The number of carbonyl (C=O) groups excluding carboxylic acids is 1. The molecule has 0 spiro atoms. The van der Waals surface area contributed by atoms with Crippen molar-refractivity contribution in [1.82, 2.24) is 4.98 Å². The minimum atomic E-state index is -0.410. The maximum Gasteiger partial charge on any atom is 0.339 e. The zero-order valence-electron chi connectivity index (χ0n) is 10.6. The molecule has 4 nitrogen and oxygen atoms in total. The van der Waals surface area contributed by atoms with Crippen molar-refractivity contribution in [3.8, 4) is 11.6 Å². The largest absolute Gasteiger partial charge is 0.462 e. The number of pyridine rings is 1. The van der Waals surface area contributed by atoms with E-state index in [0.29, 0.717) is 28.8 Å². The molecule has 0 aliphatic carbocycles. The zero-order chi connectivity index (χ0) is 14.5. The van der Waals surface area contributed by atoms with Gasteiger partial charge in [0.1, 0.15) is 5.75 Å². The maximum absolute atomic E-state index is 11.5. The monoisotopic (exact) mass is 355 g/mol. The summed E-state index contributed by atoms with van der Waals surface area (Å²) in [7, 11) is 0. The molecular formula is C14H11BrClNO3. The normalized spacial score (nSPS) is 10.2. The van der Waals surface area contributed by atoms with Crippen LogP contribution in [0.2, 0.25) is 5.02 Å². The van der Waals surface area contributed by atoms with Crippen molar-refractivity contribution < 1.29 is 14.3 Å². The molecule has 0 saturated heterocycles. The Kier molecular flexibility index (Phi) is 4.98. The number of nitrogens with zero attached hydrogens (tertiary/aromatic N) is 1. The number of benzene rings is 1. The van der Waals surface area contributed by atoms with Gasteiger partial charge in [0.2, 0.25) is 5.88 Å². The lowest BCUT2D eigenvalue weighted by Crippen LogP contribution is -2.04. The summed E-state index contributed by atoms with van der Waals surface area (Å²) in [5.41, 5.74) is 0.375. The molecule has 0 saturated carbocycles. The van der Waals surface area contributed by atoms with Crippen molar-refractivity contribution >= 4 is 33.5 Å². The molecule has 0 aliphatic rings. The first-order valence-corrected chi connectivity index (χ1v) is 7.03. The molecule has 1 heterocycles. The van der Waals surface area contributed by atoms with Gasteiger partial charge < -0.3 is 9.47 Å². The first kappa shape index (κ1) is 14.8. The molecule has 0 unspecified atom stereocenters. The van der Waals surface area contributed by atoms with E-state index in [-0.39, 0.29) is 0 Å². The Morgan fingerprint density at radius 3 is 2.80 bits per heavy atom. The van der Waals surface area contributed by atoms with E-state index in [1.165, 1.54) is 6.20 Å². The molecule has 2 aromatic rings. The third kappa shape index (κ3) is 3.71. The molecule has 0 fully saturated rings. The topological polar surface area (TPSA) is 48.4 Å². The fourth-order valence-corrected chi connectivity index (χ4v) is 1.94. The van der Waals surface area contributed by atoms with Crippen LogP contribution < -0.4 is 4.74 Å². The Morgan fingerprint density at radius 2 is 2.15 bits per heavy atom. The average Bonchev–Trinajstić information content (AvgIpc) is 2.44. The molecule has 1 aromatic carbocycles. The third-order valence-electron chi connectivity index (χ3n) is 2.36. The number of aromatic nitrogens is 1. The van der Waals surface area contributed by atoms with Crippen molar-refractivity contribution in [2.75, 3.05) is 6.61 Å². The molecular weight excluding hydrogens is 346 g/mol. The summed E-state index contributed by atoms with van der Waals surface area (Å²) in [6.45, 7) is 2.07. The van der Waals surface area contributed by atoms with Gasteiger partial charge in [0.05, 0.1) is 17.2 Å². The molecule has 2 rings (SSSR count). The molecule has 104 valence electrons. The van der Waals surface area contributed by atoms with Crippen molar-refractivity contribution in [2.24, 2.45) is 0 Å². The van der Waals surface area contributed by atoms with Gasteiger partial charge >= 0.3 is 5.97 Å². The van der Waals surface area contributed by atoms with Crippen LogP contribution >= 0.6 is 27.5 Å². The predicted octanol–water partition coefficient (Wildman–Crippen LogP) is 4.47. The van der Waals surface area contributed by atoms with E-state index >= 15 is 0 Å². The number of rotatable bonds is 4. The second-order valence-corrected chi connectivity index (χ2v) is 5.11. The second kappa shape index (κ2) is 6.72. The van der Waals surface area contributed by atoms with E-state index in [4.69, 9.17) is 21.1 Å². The second-order valence-electron chi connectivity index (χ2n) is 3.78. The van der Waals surface area contributed by atoms with Crippen LogP contribution in [0.4, 0.5) is 0 Å². The van der Waals surface area contributed by atoms with Crippen molar-refractivity contribution in [3.63, 3.8) is 0 Å². The minimum Gasteiger partial charge on any atom is -0.462 e. The standard InChI is InChI=1S/C14H11BrClNO3/c1-2-19-14(18)9-3-6-13(17-8-9)20-12-7-10(15)4-5-11(12)16/h3-8H,2H2,1H3. The Labute approximate surface area is 129 Å². The van der Waals surface area contributed by atoms with E-state index in [0.717, 1.165) is 4.47 Å². The maximum atomic E-state index is 11.5. The number of carbonyl (C=O) groups is 1. The van der Waals surface area contributed by atoms with Gasteiger partial charge in [-0.05, 0) is 31.2 Å². The summed E-state index contributed by atoms with van der Waals surface area (Å²) in [5, 5.41) is 0.476. The molecule has 0 radical (unpaired) electrons. The first-order chi connectivity index (χ1) is 9.60. The summed E-state index contributed by atoms with van der Waals surface area (Å²) in [6, 6.07) is 8.44. The van der Waals surface area contributed by atoms with Crippen LogP contribution in [0.1, 0.15) is 17.3 Å². The van der Waals surface area contributed by atoms with Crippen molar-refractivity contribution in [1.29, 1.82) is 0 Å². The van der Waals surface area contributed by atoms with Gasteiger partial charge in [-0.3, -0.25) is 0 Å². The van der Waals surface area contributed by atoms with Gasteiger partial charge in [-0.15, -0.1) is 0 Å². The zero-order valence-corrected chi connectivity index (χ0v) is 12.9. The van der Waals surface area contributed by atoms with Gasteiger partial charge in [-0.25, -0.2) is 9.78 Å². The highest BCUT2D eigenvalue weighted by Crippen LogP contribution is 2.31. The SMILES string of the molecule is CCOC(=O)c1ccc(Oc2cc(Br)ccc2Cl)nc1. The lowest BCUT2D eigenvalue weighted by Gasteiger charge is -2.07. The summed E-state index contributed by atoms with van der Waals surface area (Å²) in [4.78, 5) is 15.5. The van der Waals surface area contributed by atoms with Crippen LogP contribution in [0.5, 0.6) is 11.6 Å². The first-order valence-electron chi connectivity index (χ1n) is 5.86. The molecule has 0 aliphatic heterocycles. The highest BCUT2D eigenvalue weighted by atomic mass is 79.9. The molecule has 20 heavy (non-hydrogen) atoms. The van der Waals surface area contributed by atoms with Crippen LogP contribution in [0.15, 0.2) is 41.0 Å². The van der Waals surface area contributed by atoms with E-state index < -0.39 is 5.97 Å². The highest BCUT2D eigenvalue weighted by Gasteiger charge is 2.09. The number of halogens is 2. The molecule has 6 heteroatoms. The fourth-order valence-electron chi connectivity index (χ4n) is 1.44. The van der Waals surface area contributed by atoms with Gasteiger partial charge in [-0.1, -0.05) is 27.5 Å². The Hall–Kier alpha value is -1.59. The van der Waals surface area contributed by atoms with Gasteiger partial charge in [-0.2, -0.15) is 0 Å². The number of hydrogen-bond acceptors (Lipinski definition) is 4. The molecule has 0 amide bonds. The van der Waals surface area contributed by atoms with E-state index in [1.807, 2.05) is 6.07 Å².